The Labute approximate surface area is 226 Å². The zero-order valence-electron chi connectivity index (χ0n) is 22.9. The van der Waals surface area contributed by atoms with Crippen molar-refractivity contribution < 1.29 is 33.0 Å². The summed E-state index contributed by atoms with van der Waals surface area (Å²) in [6.45, 7) is 12.5. The molecule has 0 aliphatic rings. The van der Waals surface area contributed by atoms with Crippen LogP contribution < -0.4 is 5.32 Å². The molecule has 3 aromatic rings. The second-order valence-electron chi connectivity index (χ2n) is 11.1. The van der Waals surface area contributed by atoms with E-state index in [2.05, 4.69) is 10.3 Å². The highest BCUT2D eigenvalue weighted by Crippen LogP contribution is 2.39. The number of rotatable bonds is 6. The van der Waals surface area contributed by atoms with Crippen LogP contribution in [0.1, 0.15) is 80.3 Å². The summed E-state index contributed by atoms with van der Waals surface area (Å²) >= 11 is 0. The maximum atomic E-state index is 13.3. The van der Waals surface area contributed by atoms with Crippen molar-refractivity contribution in [2.75, 3.05) is 6.54 Å². The summed E-state index contributed by atoms with van der Waals surface area (Å²) < 4.78 is 31.7. The van der Waals surface area contributed by atoms with E-state index in [0.717, 1.165) is 22.4 Å². The topological polar surface area (TPSA) is 99.5 Å². The van der Waals surface area contributed by atoms with E-state index in [9.17, 15) is 23.1 Å². The number of alkyl halides is 3. The largest absolute Gasteiger partial charge is 0.507 e. The molecular weight excluding hydrogens is 509 g/mol. The summed E-state index contributed by atoms with van der Waals surface area (Å²) in [7, 11) is 0. The molecule has 0 bridgehead atoms. The molecule has 1 unspecified atom stereocenters. The summed E-state index contributed by atoms with van der Waals surface area (Å²) in [5.41, 5.74) is 3.54. The van der Waals surface area contributed by atoms with Crippen LogP contribution in [0.25, 0.3) is 0 Å². The first kappa shape index (κ1) is 31.5. The van der Waals surface area contributed by atoms with Gasteiger partial charge in [0.15, 0.2) is 5.78 Å². The number of aromatic nitrogens is 1. The first-order chi connectivity index (χ1) is 17.9. The van der Waals surface area contributed by atoms with Gasteiger partial charge in [-0.25, -0.2) is 4.79 Å². The lowest BCUT2D eigenvalue weighted by molar-refractivity contribution is -0.192. The van der Waals surface area contributed by atoms with Crippen molar-refractivity contribution in [2.45, 2.75) is 64.6 Å². The number of benzene rings is 2. The van der Waals surface area contributed by atoms with E-state index in [1.165, 1.54) is 0 Å². The van der Waals surface area contributed by atoms with Crippen LogP contribution in [-0.2, 0) is 15.6 Å². The van der Waals surface area contributed by atoms with E-state index < -0.39 is 12.1 Å². The van der Waals surface area contributed by atoms with Gasteiger partial charge in [0, 0.05) is 22.9 Å². The molecule has 1 atom stereocenters. The fourth-order valence-electron chi connectivity index (χ4n) is 3.82. The number of ketones is 1. The SMILES string of the molecule is CC(C)(C)c1cc(C(=O)CNC(c2ccccc2)c2ccccn2)cc(C(C)(C)C)c1O.O=C(O)C(F)(F)F. The summed E-state index contributed by atoms with van der Waals surface area (Å²) in [4.78, 5) is 26.7. The molecule has 0 aliphatic heterocycles. The average Bonchev–Trinajstić information content (AvgIpc) is 2.84. The molecule has 0 radical (unpaired) electrons. The van der Waals surface area contributed by atoms with Crippen LogP contribution in [0, 0.1) is 0 Å². The molecule has 0 spiro atoms. The van der Waals surface area contributed by atoms with Crippen LogP contribution in [0.3, 0.4) is 0 Å². The second kappa shape index (κ2) is 12.4. The molecule has 9 heteroatoms. The van der Waals surface area contributed by atoms with Crippen molar-refractivity contribution in [1.82, 2.24) is 10.3 Å². The van der Waals surface area contributed by atoms with Crippen LogP contribution in [0.15, 0.2) is 66.9 Å². The van der Waals surface area contributed by atoms with Crippen LogP contribution in [0.4, 0.5) is 13.2 Å². The molecule has 3 N–H and O–H groups in total. The van der Waals surface area contributed by atoms with Gasteiger partial charge in [-0.1, -0.05) is 77.9 Å². The highest BCUT2D eigenvalue weighted by atomic mass is 19.4. The van der Waals surface area contributed by atoms with Gasteiger partial charge in [0.25, 0.3) is 0 Å². The first-order valence-corrected chi connectivity index (χ1v) is 12.3. The average molecular weight is 545 g/mol. The summed E-state index contributed by atoms with van der Waals surface area (Å²) in [6.07, 6.45) is -3.32. The Morgan fingerprint density at radius 2 is 1.36 bits per heavy atom. The number of aromatic hydroxyl groups is 1. The van der Waals surface area contributed by atoms with E-state index >= 15 is 0 Å². The van der Waals surface area contributed by atoms with E-state index in [0.29, 0.717) is 5.56 Å². The summed E-state index contributed by atoms with van der Waals surface area (Å²) in [6, 6.07) is 19.3. The second-order valence-corrected chi connectivity index (χ2v) is 11.1. The number of phenolic OH excluding ortho intramolecular Hbond substituents is 1. The highest BCUT2D eigenvalue weighted by Gasteiger charge is 2.38. The number of hydrogen-bond acceptors (Lipinski definition) is 5. The normalized spacial score (nSPS) is 12.7. The summed E-state index contributed by atoms with van der Waals surface area (Å²) in [5, 5.41) is 21.5. The number of carboxylic acid groups (broad SMARTS) is 1. The van der Waals surface area contributed by atoms with Gasteiger partial charge in [-0.05, 0) is 40.7 Å². The lowest BCUT2D eigenvalue weighted by Gasteiger charge is -2.28. The lowest BCUT2D eigenvalue weighted by atomic mass is 9.78. The Balaban J connectivity index is 0.000000673. The van der Waals surface area contributed by atoms with Gasteiger partial charge in [-0.15, -0.1) is 0 Å². The maximum Gasteiger partial charge on any atom is 0.490 e. The molecule has 6 nitrogen and oxygen atoms in total. The number of phenols is 1. The highest BCUT2D eigenvalue weighted by molar-refractivity contribution is 5.98. The molecule has 210 valence electrons. The third-order valence-corrected chi connectivity index (χ3v) is 5.87. The van der Waals surface area contributed by atoms with E-state index in [1.54, 1.807) is 6.20 Å². The van der Waals surface area contributed by atoms with E-state index in [-0.39, 0.29) is 34.9 Å². The zero-order chi connectivity index (χ0) is 29.6. The maximum absolute atomic E-state index is 13.3. The zero-order valence-corrected chi connectivity index (χ0v) is 22.9. The molecule has 1 aromatic heterocycles. The molecule has 0 saturated heterocycles. The van der Waals surface area contributed by atoms with Crippen LogP contribution >= 0.6 is 0 Å². The van der Waals surface area contributed by atoms with Gasteiger partial charge in [-0.3, -0.25) is 15.1 Å². The van der Waals surface area contributed by atoms with E-state index in [1.807, 2.05) is 102 Å². The Kier molecular flexibility index (Phi) is 10.0. The van der Waals surface area contributed by atoms with Crippen LogP contribution in [0.5, 0.6) is 5.75 Å². The Bertz CT molecular complexity index is 1190. The molecule has 0 saturated carbocycles. The lowest BCUT2D eigenvalue weighted by Crippen LogP contribution is -2.29. The van der Waals surface area contributed by atoms with Crippen molar-refractivity contribution in [3.8, 4) is 5.75 Å². The fraction of sp³-hybridized carbons (Fsp3) is 0.367. The fourth-order valence-corrected chi connectivity index (χ4v) is 3.82. The number of hydrogen-bond donors (Lipinski definition) is 3. The van der Waals surface area contributed by atoms with Gasteiger partial charge < -0.3 is 10.2 Å². The minimum Gasteiger partial charge on any atom is -0.507 e. The number of halogens is 3. The number of carbonyl (C=O) groups is 2. The van der Waals surface area contributed by atoms with Crippen molar-refractivity contribution in [1.29, 1.82) is 0 Å². The Morgan fingerprint density at radius 3 is 1.77 bits per heavy atom. The monoisotopic (exact) mass is 544 g/mol. The number of carboxylic acids is 1. The number of pyridine rings is 1. The van der Waals surface area contributed by atoms with Gasteiger partial charge in [0.2, 0.25) is 0 Å². The van der Waals surface area contributed by atoms with Crippen molar-refractivity contribution in [2.24, 2.45) is 0 Å². The van der Waals surface area contributed by atoms with Crippen LogP contribution in [0.2, 0.25) is 0 Å². The number of nitrogens with zero attached hydrogens (tertiary/aromatic N) is 1. The minimum absolute atomic E-state index is 0.0159. The molecule has 3 rings (SSSR count). The van der Waals surface area contributed by atoms with Crippen molar-refractivity contribution in [3.63, 3.8) is 0 Å². The number of Topliss-reactive ketones (excluding diaryl/α,β-unsaturated/α-hetero) is 1. The summed E-state index contributed by atoms with van der Waals surface area (Å²) in [5.74, 6) is -2.49. The third-order valence-electron chi connectivity index (χ3n) is 5.87. The molecule has 0 aliphatic carbocycles. The Hall–Kier alpha value is -3.72. The number of nitrogens with one attached hydrogen (secondary N) is 1. The molecule has 0 fully saturated rings. The molecular formula is C30H35F3N2O4. The molecule has 39 heavy (non-hydrogen) atoms. The van der Waals surface area contributed by atoms with Gasteiger partial charge in [-0.2, -0.15) is 13.2 Å². The quantitative estimate of drug-likeness (QED) is 0.303. The predicted octanol–water partition coefficient (Wildman–Crippen LogP) is 6.58. The smallest absolute Gasteiger partial charge is 0.490 e. The third kappa shape index (κ3) is 8.92. The van der Waals surface area contributed by atoms with Crippen molar-refractivity contribution in [3.05, 3.63) is 94.8 Å². The number of carbonyl (C=O) groups excluding carboxylic acids is 1. The van der Waals surface area contributed by atoms with Gasteiger partial charge in [0.05, 0.1) is 18.3 Å². The minimum atomic E-state index is -5.08. The van der Waals surface area contributed by atoms with Gasteiger partial charge in [0.1, 0.15) is 5.75 Å². The van der Waals surface area contributed by atoms with Crippen molar-refractivity contribution >= 4 is 11.8 Å². The van der Waals surface area contributed by atoms with Gasteiger partial charge >= 0.3 is 12.1 Å². The van der Waals surface area contributed by atoms with Crippen LogP contribution in [-0.4, -0.2) is 39.7 Å². The Morgan fingerprint density at radius 1 is 0.872 bits per heavy atom. The number of aliphatic carboxylic acids is 1. The standard InChI is InChI=1S/C28H34N2O2.C2HF3O2/c1-27(2,3)21-16-20(17-22(26(21)32)28(4,5)6)24(31)18-30-25(19-12-8-7-9-13-19)23-14-10-11-15-29-23;3-2(4,5)1(6)7/h7-17,25,30,32H,18H2,1-6H3;(H,6,7). The molecule has 2 aromatic carbocycles. The predicted molar refractivity (Wildman–Crippen MR) is 144 cm³/mol. The molecule has 1 heterocycles. The van der Waals surface area contributed by atoms with E-state index in [4.69, 9.17) is 9.90 Å². The molecule has 0 amide bonds. The first-order valence-electron chi connectivity index (χ1n) is 12.3.